The number of aromatic nitrogens is 1. The van der Waals surface area contributed by atoms with Crippen LogP contribution in [0.2, 0.25) is 0 Å². The van der Waals surface area contributed by atoms with Gasteiger partial charge in [0, 0.05) is 36.7 Å². The molecular formula is C20H24N2O2. The largest absolute Gasteiger partial charge is 0.477 e. The zero-order chi connectivity index (χ0) is 16.4. The maximum atomic E-state index is 6.43. The average molecular weight is 324 g/mol. The number of hydrogen-bond acceptors (Lipinski definition) is 4. The van der Waals surface area contributed by atoms with Crippen LogP contribution in [0, 0.1) is 5.92 Å². The first-order valence-electron chi connectivity index (χ1n) is 8.88. The van der Waals surface area contributed by atoms with Crippen LogP contribution in [0.25, 0.3) is 11.1 Å². The molecule has 1 aliphatic carbocycles. The van der Waals surface area contributed by atoms with Crippen molar-refractivity contribution in [1.29, 1.82) is 0 Å². The molecule has 0 spiro atoms. The highest BCUT2D eigenvalue weighted by Crippen LogP contribution is 2.36. The maximum absolute atomic E-state index is 6.43. The molecule has 0 amide bonds. The minimum absolute atomic E-state index is 0.564. The van der Waals surface area contributed by atoms with Gasteiger partial charge >= 0.3 is 0 Å². The average Bonchev–Trinajstić information content (AvgIpc) is 3.11. The molecule has 4 nitrogen and oxygen atoms in total. The van der Waals surface area contributed by atoms with Crippen molar-refractivity contribution in [2.24, 2.45) is 5.92 Å². The lowest BCUT2D eigenvalue weighted by molar-refractivity contribution is 0.0490. The van der Waals surface area contributed by atoms with E-state index in [1.54, 1.807) is 6.20 Å². The van der Waals surface area contributed by atoms with Crippen molar-refractivity contribution in [3.05, 3.63) is 41.6 Å². The van der Waals surface area contributed by atoms with Gasteiger partial charge in [-0.05, 0) is 60.8 Å². The number of aryl methyl sites for hydroxylation is 1. The molecule has 2 aromatic rings. The number of ether oxygens (including phenoxy) is 2. The van der Waals surface area contributed by atoms with Crippen LogP contribution in [-0.2, 0) is 17.6 Å². The highest BCUT2D eigenvalue weighted by Gasteiger charge is 2.18. The van der Waals surface area contributed by atoms with Crippen LogP contribution in [0.5, 0.6) is 5.88 Å². The van der Waals surface area contributed by atoms with Crippen LogP contribution in [0.1, 0.15) is 30.4 Å². The summed E-state index contributed by atoms with van der Waals surface area (Å²) in [7, 11) is 0. The normalized spacial score (nSPS) is 17.7. The maximum Gasteiger partial charge on any atom is 0.213 e. The fourth-order valence-corrected chi connectivity index (χ4v) is 3.72. The Hall–Kier alpha value is -2.07. The van der Waals surface area contributed by atoms with E-state index < -0.39 is 0 Å². The Balaban J connectivity index is 1.52. The van der Waals surface area contributed by atoms with Crippen LogP contribution >= 0.6 is 0 Å². The highest BCUT2D eigenvalue weighted by molar-refractivity contribution is 5.80. The monoisotopic (exact) mass is 324 g/mol. The van der Waals surface area contributed by atoms with E-state index in [1.165, 1.54) is 17.5 Å². The van der Waals surface area contributed by atoms with E-state index in [2.05, 4.69) is 17.1 Å². The van der Waals surface area contributed by atoms with E-state index in [0.29, 0.717) is 18.4 Å². The van der Waals surface area contributed by atoms with Crippen molar-refractivity contribution in [3.8, 4) is 17.0 Å². The van der Waals surface area contributed by atoms with Gasteiger partial charge in [-0.25, -0.2) is 4.98 Å². The van der Waals surface area contributed by atoms with Gasteiger partial charge < -0.3 is 15.2 Å². The van der Waals surface area contributed by atoms with Gasteiger partial charge in [0.2, 0.25) is 5.88 Å². The molecule has 0 radical (unpaired) electrons. The molecule has 0 atom stereocenters. The predicted molar refractivity (Wildman–Crippen MR) is 95.1 cm³/mol. The molecule has 2 N–H and O–H groups in total. The third-order valence-electron chi connectivity index (χ3n) is 5.18. The molecule has 0 saturated carbocycles. The number of hydrogen-bond donors (Lipinski definition) is 1. The Bertz CT molecular complexity index is 724. The van der Waals surface area contributed by atoms with Crippen molar-refractivity contribution >= 4 is 5.69 Å². The molecule has 1 saturated heterocycles. The zero-order valence-electron chi connectivity index (χ0n) is 14.0. The van der Waals surface area contributed by atoms with Crippen molar-refractivity contribution in [1.82, 2.24) is 4.98 Å². The van der Waals surface area contributed by atoms with Gasteiger partial charge in [-0.2, -0.15) is 0 Å². The first-order chi connectivity index (χ1) is 11.8. The smallest absolute Gasteiger partial charge is 0.213 e. The lowest BCUT2D eigenvalue weighted by atomic mass is 9.98. The van der Waals surface area contributed by atoms with Crippen molar-refractivity contribution in [3.63, 3.8) is 0 Å². The van der Waals surface area contributed by atoms with E-state index >= 15 is 0 Å². The number of anilines is 1. The molecule has 1 aromatic carbocycles. The molecule has 4 rings (SSSR count). The molecule has 24 heavy (non-hydrogen) atoms. The topological polar surface area (TPSA) is 57.4 Å². The summed E-state index contributed by atoms with van der Waals surface area (Å²) in [5, 5.41) is 0. The Kier molecular flexibility index (Phi) is 4.39. The van der Waals surface area contributed by atoms with Crippen LogP contribution < -0.4 is 10.5 Å². The minimum Gasteiger partial charge on any atom is -0.477 e. The van der Waals surface area contributed by atoms with Gasteiger partial charge in [0.25, 0.3) is 0 Å². The molecule has 126 valence electrons. The third-order valence-corrected chi connectivity index (χ3v) is 5.18. The van der Waals surface area contributed by atoms with Crippen molar-refractivity contribution in [2.75, 3.05) is 25.6 Å². The molecular weight excluding hydrogens is 300 g/mol. The number of pyridine rings is 1. The summed E-state index contributed by atoms with van der Waals surface area (Å²) in [6, 6.07) is 8.37. The van der Waals surface area contributed by atoms with Crippen LogP contribution in [0.15, 0.2) is 30.5 Å². The number of nitrogen functional groups attached to an aromatic ring is 1. The second kappa shape index (κ2) is 6.81. The SMILES string of the molecule is Nc1c(-c2ccnc(OCC3CCOCC3)c2)ccc2c1CCC2. The summed E-state index contributed by atoms with van der Waals surface area (Å²) in [6.45, 7) is 2.39. The van der Waals surface area contributed by atoms with E-state index in [1.807, 2.05) is 12.1 Å². The molecule has 1 aliphatic heterocycles. The number of fused-ring (bicyclic) bond motifs is 1. The Labute approximate surface area is 143 Å². The molecule has 0 unspecified atom stereocenters. The van der Waals surface area contributed by atoms with Crippen LogP contribution in [0.3, 0.4) is 0 Å². The Morgan fingerprint density at radius 1 is 1.17 bits per heavy atom. The summed E-state index contributed by atoms with van der Waals surface area (Å²) in [5.41, 5.74) is 12.3. The predicted octanol–water partition coefficient (Wildman–Crippen LogP) is 3.62. The van der Waals surface area contributed by atoms with Crippen LogP contribution in [0.4, 0.5) is 5.69 Å². The zero-order valence-corrected chi connectivity index (χ0v) is 14.0. The number of rotatable bonds is 4. The third kappa shape index (κ3) is 3.11. The van der Waals surface area contributed by atoms with Gasteiger partial charge in [-0.1, -0.05) is 12.1 Å². The van der Waals surface area contributed by atoms with Gasteiger partial charge in [0.15, 0.2) is 0 Å². The van der Waals surface area contributed by atoms with E-state index in [9.17, 15) is 0 Å². The summed E-state index contributed by atoms with van der Waals surface area (Å²) in [5.74, 6) is 1.24. The fourth-order valence-electron chi connectivity index (χ4n) is 3.72. The molecule has 0 bridgehead atoms. The molecule has 1 fully saturated rings. The van der Waals surface area contributed by atoms with Crippen LogP contribution in [-0.4, -0.2) is 24.8 Å². The second-order valence-corrected chi connectivity index (χ2v) is 6.77. The van der Waals surface area contributed by atoms with Gasteiger partial charge in [-0.3, -0.25) is 0 Å². The summed E-state index contributed by atoms with van der Waals surface area (Å²) in [6.07, 6.45) is 7.39. The van der Waals surface area contributed by atoms with Gasteiger partial charge in [0.05, 0.1) is 6.61 Å². The first kappa shape index (κ1) is 15.5. The lowest BCUT2D eigenvalue weighted by Gasteiger charge is -2.21. The quantitative estimate of drug-likeness (QED) is 0.873. The Morgan fingerprint density at radius 2 is 2.04 bits per heavy atom. The molecule has 1 aromatic heterocycles. The number of benzene rings is 1. The standard InChI is InChI=1S/C20H24N2O2/c21-20-17-3-1-2-15(17)4-5-18(20)16-6-9-22-19(12-16)24-13-14-7-10-23-11-8-14/h4-6,9,12,14H,1-3,7-8,10-11,13,21H2. The second-order valence-electron chi connectivity index (χ2n) is 6.77. The number of nitrogens with two attached hydrogens (primary N) is 1. The molecule has 4 heteroatoms. The first-order valence-corrected chi connectivity index (χ1v) is 8.88. The lowest BCUT2D eigenvalue weighted by Crippen LogP contribution is -2.21. The van der Waals surface area contributed by atoms with Gasteiger partial charge in [-0.15, -0.1) is 0 Å². The van der Waals surface area contributed by atoms with Gasteiger partial charge in [0.1, 0.15) is 0 Å². The summed E-state index contributed by atoms with van der Waals surface area (Å²) in [4.78, 5) is 4.36. The Morgan fingerprint density at radius 3 is 2.92 bits per heavy atom. The molecule has 2 heterocycles. The minimum atomic E-state index is 0.564. The van der Waals surface area contributed by atoms with Crippen molar-refractivity contribution < 1.29 is 9.47 Å². The van der Waals surface area contributed by atoms with E-state index in [-0.39, 0.29) is 0 Å². The van der Waals surface area contributed by atoms with E-state index in [0.717, 1.165) is 55.7 Å². The summed E-state index contributed by atoms with van der Waals surface area (Å²) >= 11 is 0. The highest BCUT2D eigenvalue weighted by atomic mass is 16.5. The molecule has 2 aliphatic rings. The number of nitrogens with zero attached hydrogens (tertiary/aromatic N) is 1. The van der Waals surface area contributed by atoms with Crippen molar-refractivity contribution in [2.45, 2.75) is 32.1 Å². The summed E-state index contributed by atoms with van der Waals surface area (Å²) < 4.78 is 11.3. The fraction of sp³-hybridized carbons (Fsp3) is 0.450. The van der Waals surface area contributed by atoms with E-state index in [4.69, 9.17) is 15.2 Å².